The number of aromatic nitrogens is 1. The van der Waals surface area contributed by atoms with Crippen molar-refractivity contribution in [2.45, 2.75) is 13.3 Å². The van der Waals surface area contributed by atoms with Crippen molar-refractivity contribution in [3.63, 3.8) is 0 Å². The van der Waals surface area contributed by atoms with Crippen LogP contribution < -0.4 is 5.32 Å². The van der Waals surface area contributed by atoms with Gasteiger partial charge in [-0.3, -0.25) is 4.79 Å². The fraction of sp³-hybridized carbons (Fsp3) is 0.231. The Hall–Kier alpha value is -1.75. The van der Waals surface area contributed by atoms with E-state index < -0.39 is 0 Å². The maximum absolute atomic E-state index is 12.7. The van der Waals surface area contributed by atoms with E-state index in [4.69, 9.17) is 0 Å². The average molecular weight is 264 g/mol. The third kappa shape index (κ3) is 3.13. The minimum Gasteiger partial charge on any atom is -0.351 e. The van der Waals surface area contributed by atoms with Crippen LogP contribution in [-0.2, 0) is 6.42 Å². The Balaban J connectivity index is 1.84. The smallest absolute Gasteiger partial charge is 0.263 e. The molecule has 1 amide bonds. The molecule has 5 heteroatoms. The van der Waals surface area contributed by atoms with E-state index in [9.17, 15) is 9.18 Å². The van der Waals surface area contributed by atoms with Crippen LogP contribution >= 0.6 is 11.3 Å². The first-order valence-electron chi connectivity index (χ1n) is 5.59. The zero-order chi connectivity index (χ0) is 13.0. The highest BCUT2D eigenvalue weighted by Crippen LogP contribution is 2.11. The molecule has 0 radical (unpaired) electrons. The van der Waals surface area contributed by atoms with Crippen molar-refractivity contribution >= 4 is 17.2 Å². The van der Waals surface area contributed by atoms with Crippen LogP contribution in [0.25, 0.3) is 0 Å². The van der Waals surface area contributed by atoms with Gasteiger partial charge in [-0.25, -0.2) is 9.37 Å². The van der Waals surface area contributed by atoms with E-state index in [1.807, 2.05) is 6.92 Å². The number of nitrogens with zero attached hydrogens (tertiary/aromatic N) is 1. The van der Waals surface area contributed by atoms with Gasteiger partial charge in [-0.2, -0.15) is 0 Å². The summed E-state index contributed by atoms with van der Waals surface area (Å²) in [6, 6.07) is 6.29. The second-order valence-corrected chi connectivity index (χ2v) is 4.75. The van der Waals surface area contributed by atoms with Crippen LogP contribution in [0.2, 0.25) is 0 Å². The zero-order valence-electron chi connectivity index (χ0n) is 9.94. The molecule has 0 unspecified atom stereocenters. The topological polar surface area (TPSA) is 42.0 Å². The van der Waals surface area contributed by atoms with Gasteiger partial charge in [0.15, 0.2) is 0 Å². The molecular formula is C13H13FN2OS. The van der Waals surface area contributed by atoms with Crippen LogP contribution in [-0.4, -0.2) is 17.4 Å². The summed E-state index contributed by atoms with van der Waals surface area (Å²) in [7, 11) is 0. The molecule has 0 fully saturated rings. The first kappa shape index (κ1) is 12.7. The summed E-state index contributed by atoms with van der Waals surface area (Å²) in [4.78, 5) is 16.4. The minimum absolute atomic E-state index is 0.0999. The summed E-state index contributed by atoms with van der Waals surface area (Å²) in [6.07, 6.45) is 0.684. The minimum atomic E-state index is -0.247. The van der Waals surface area contributed by atoms with Gasteiger partial charge >= 0.3 is 0 Å². The van der Waals surface area contributed by atoms with Crippen molar-refractivity contribution in [1.29, 1.82) is 0 Å². The number of hydrogen-bond acceptors (Lipinski definition) is 3. The zero-order valence-corrected chi connectivity index (χ0v) is 10.8. The molecule has 0 saturated carbocycles. The van der Waals surface area contributed by atoms with Gasteiger partial charge in [-0.05, 0) is 31.0 Å². The van der Waals surface area contributed by atoms with E-state index in [0.29, 0.717) is 17.8 Å². The molecule has 0 spiro atoms. The van der Waals surface area contributed by atoms with E-state index in [2.05, 4.69) is 10.3 Å². The number of aryl methyl sites for hydroxylation is 1. The van der Waals surface area contributed by atoms with Crippen molar-refractivity contribution in [3.8, 4) is 0 Å². The van der Waals surface area contributed by atoms with Crippen molar-refractivity contribution < 1.29 is 9.18 Å². The normalized spacial score (nSPS) is 10.3. The van der Waals surface area contributed by atoms with Crippen LogP contribution in [0.4, 0.5) is 4.39 Å². The third-order valence-electron chi connectivity index (χ3n) is 2.56. The molecule has 3 nitrogen and oxygen atoms in total. The number of benzene rings is 1. The Morgan fingerprint density at radius 3 is 2.72 bits per heavy atom. The maximum Gasteiger partial charge on any atom is 0.263 e. The van der Waals surface area contributed by atoms with Gasteiger partial charge in [-0.1, -0.05) is 12.1 Å². The SMILES string of the molecule is Cc1ncsc1C(=O)NCCc1ccc(F)cc1. The highest BCUT2D eigenvalue weighted by atomic mass is 32.1. The Labute approximate surface area is 109 Å². The number of amides is 1. The first-order chi connectivity index (χ1) is 8.66. The maximum atomic E-state index is 12.7. The van der Waals surface area contributed by atoms with Crippen LogP contribution in [0.15, 0.2) is 29.8 Å². The summed E-state index contributed by atoms with van der Waals surface area (Å²) < 4.78 is 12.7. The van der Waals surface area contributed by atoms with Gasteiger partial charge in [0.05, 0.1) is 11.2 Å². The monoisotopic (exact) mass is 264 g/mol. The van der Waals surface area contributed by atoms with Gasteiger partial charge < -0.3 is 5.32 Å². The summed E-state index contributed by atoms with van der Waals surface area (Å²) in [5.41, 5.74) is 3.40. The standard InChI is InChI=1S/C13H13FN2OS/c1-9-12(18-8-16-9)13(17)15-7-6-10-2-4-11(14)5-3-10/h2-5,8H,6-7H2,1H3,(H,15,17). The fourth-order valence-electron chi connectivity index (χ4n) is 1.57. The van der Waals surface area contributed by atoms with Crippen LogP contribution in [0, 0.1) is 12.7 Å². The molecule has 0 aliphatic rings. The number of rotatable bonds is 4. The van der Waals surface area contributed by atoms with Gasteiger partial charge in [0.1, 0.15) is 10.7 Å². The number of halogens is 1. The molecule has 2 aromatic rings. The van der Waals surface area contributed by atoms with Crippen molar-refractivity contribution in [3.05, 3.63) is 51.7 Å². The van der Waals surface area contributed by atoms with Gasteiger partial charge in [0.2, 0.25) is 0 Å². The Kier molecular flexibility index (Phi) is 4.04. The lowest BCUT2D eigenvalue weighted by Crippen LogP contribution is -2.25. The molecule has 1 aromatic carbocycles. The summed E-state index contributed by atoms with van der Waals surface area (Å²) in [5.74, 6) is -0.347. The molecule has 2 rings (SSSR count). The largest absolute Gasteiger partial charge is 0.351 e. The van der Waals surface area contributed by atoms with Gasteiger partial charge in [0.25, 0.3) is 5.91 Å². The number of carbonyl (C=O) groups excluding carboxylic acids is 1. The van der Waals surface area contributed by atoms with Gasteiger partial charge in [0, 0.05) is 6.54 Å². The molecule has 0 aliphatic heterocycles. The van der Waals surface area contributed by atoms with Gasteiger partial charge in [-0.15, -0.1) is 11.3 Å². The molecule has 0 aliphatic carbocycles. The van der Waals surface area contributed by atoms with E-state index in [0.717, 1.165) is 11.3 Å². The highest BCUT2D eigenvalue weighted by Gasteiger charge is 2.10. The second-order valence-electron chi connectivity index (χ2n) is 3.90. The van der Waals surface area contributed by atoms with Crippen LogP contribution in [0.3, 0.4) is 0 Å². The molecule has 18 heavy (non-hydrogen) atoms. The third-order valence-corrected chi connectivity index (χ3v) is 3.49. The lowest BCUT2D eigenvalue weighted by molar-refractivity contribution is 0.0957. The molecule has 1 heterocycles. The molecule has 0 saturated heterocycles. The van der Waals surface area contributed by atoms with E-state index in [1.165, 1.54) is 23.5 Å². The predicted octanol–water partition coefficient (Wildman–Crippen LogP) is 2.56. The molecule has 1 N–H and O–H groups in total. The summed E-state index contributed by atoms with van der Waals surface area (Å²) in [5, 5.41) is 2.83. The fourth-order valence-corrected chi connectivity index (χ4v) is 2.29. The first-order valence-corrected chi connectivity index (χ1v) is 6.47. The van der Waals surface area contributed by atoms with Crippen molar-refractivity contribution in [2.75, 3.05) is 6.54 Å². The highest BCUT2D eigenvalue weighted by molar-refractivity contribution is 7.11. The van der Waals surface area contributed by atoms with Crippen molar-refractivity contribution in [1.82, 2.24) is 10.3 Å². The number of nitrogens with one attached hydrogen (secondary N) is 1. The molecular weight excluding hydrogens is 251 g/mol. The molecule has 94 valence electrons. The van der Waals surface area contributed by atoms with Crippen molar-refractivity contribution in [2.24, 2.45) is 0 Å². The summed E-state index contributed by atoms with van der Waals surface area (Å²) >= 11 is 1.33. The Morgan fingerprint density at radius 2 is 2.11 bits per heavy atom. The number of thiazole rings is 1. The van der Waals surface area contributed by atoms with E-state index in [1.54, 1.807) is 17.6 Å². The number of carbonyl (C=O) groups is 1. The lowest BCUT2D eigenvalue weighted by atomic mass is 10.1. The quantitative estimate of drug-likeness (QED) is 0.922. The predicted molar refractivity (Wildman–Crippen MR) is 69.3 cm³/mol. The van der Waals surface area contributed by atoms with E-state index >= 15 is 0 Å². The number of hydrogen-bond donors (Lipinski definition) is 1. The molecule has 0 bridgehead atoms. The van der Waals surface area contributed by atoms with Crippen LogP contribution in [0.1, 0.15) is 20.9 Å². The second kappa shape index (κ2) is 5.73. The lowest BCUT2D eigenvalue weighted by Gasteiger charge is -2.04. The molecule has 1 aromatic heterocycles. The Bertz CT molecular complexity index is 536. The average Bonchev–Trinajstić information content (AvgIpc) is 2.78. The molecule has 0 atom stereocenters. The summed E-state index contributed by atoms with van der Waals surface area (Å²) in [6.45, 7) is 2.34. The Morgan fingerprint density at radius 1 is 1.39 bits per heavy atom. The van der Waals surface area contributed by atoms with E-state index in [-0.39, 0.29) is 11.7 Å². The van der Waals surface area contributed by atoms with Crippen LogP contribution in [0.5, 0.6) is 0 Å².